The molecule has 0 fully saturated rings. The largest absolute Gasteiger partial charge is 0.412 e. The molecule has 2 aliphatic rings. The van der Waals surface area contributed by atoms with Crippen LogP contribution in [0.1, 0.15) is 189 Å². The highest BCUT2D eigenvalue weighted by atomic mass is 35.5. The molecular formula is C62H118Cl10N12O. The Labute approximate surface area is 577 Å². The maximum Gasteiger partial charge on any atom is 0.0694 e. The van der Waals surface area contributed by atoms with Gasteiger partial charge in [-0.15, -0.1) is 124 Å². The molecule has 3 aromatic heterocycles. The van der Waals surface area contributed by atoms with Crippen LogP contribution in [0.2, 0.25) is 0 Å². The predicted octanol–water partition coefficient (Wildman–Crippen LogP) is 14.3. The molecule has 0 amide bonds. The van der Waals surface area contributed by atoms with Crippen LogP contribution in [-0.4, -0.2) is 130 Å². The van der Waals surface area contributed by atoms with Crippen LogP contribution >= 0.6 is 124 Å². The first-order chi connectivity index (χ1) is 36.3. The number of H-pyrrole nitrogens is 2. The normalized spacial score (nSPS) is 11.2. The number of hydrogen-bond acceptors (Lipinski definition) is 10. The first-order valence-corrected chi connectivity index (χ1v) is 30.1. The number of aromatic nitrogens is 4. The molecule has 5 rings (SSSR count). The molecule has 0 aliphatic carbocycles. The van der Waals surface area contributed by atoms with Crippen molar-refractivity contribution in [2.45, 2.75) is 171 Å². The Morgan fingerprint density at radius 3 is 0.835 bits per heavy atom. The third kappa shape index (κ3) is 35.0. The summed E-state index contributed by atoms with van der Waals surface area (Å²) in [5, 5.41) is 28.9. The van der Waals surface area contributed by atoms with E-state index in [1.54, 1.807) is 0 Å². The SMILES string of the molecule is CCNCCCCNCCCCNCCCCNCCCC1=C(C)c2cc3[nH]c(cc4[nH]c(cc5nc(cc1n2)C(CCCNCCCCNCCCCNCCCCNCC)=C5C)c(CC)c4C)c(CC)c3C.Cl.Cl.Cl.Cl.Cl.Cl.Cl.Cl.Cl.Cl.O. The van der Waals surface area contributed by atoms with Gasteiger partial charge in [-0.25, -0.2) is 9.97 Å². The van der Waals surface area contributed by atoms with Gasteiger partial charge in [0, 0.05) is 22.1 Å². The van der Waals surface area contributed by atoms with E-state index in [-0.39, 0.29) is 130 Å². The third-order valence-electron chi connectivity index (χ3n) is 15.3. The first-order valence-electron chi connectivity index (χ1n) is 30.1. The molecule has 0 spiro atoms. The Morgan fingerprint density at radius 1 is 0.306 bits per heavy atom. The summed E-state index contributed by atoms with van der Waals surface area (Å²) in [6.45, 7) is 35.5. The minimum absolute atomic E-state index is 0. The Bertz CT molecular complexity index is 2340. The van der Waals surface area contributed by atoms with E-state index < -0.39 is 0 Å². The molecule has 85 heavy (non-hydrogen) atoms. The zero-order chi connectivity index (χ0) is 52.6. The number of nitrogens with one attached hydrogen (secondary N) is 10. The van der Waals surface area contributed by atoms with Crippen LogP contribution in [0.15, 0.2) is 24.3 Å². The number of aryl methyl sites for hydroxylation is 4. The fourth-order valence-corrected chi connectivity index (χ4v) is 10.6. The van der Waals surface area contributed by atoms with E-state index in [1.807, 2.05) is 0 Å². The number of rotatable bonds is 42. The molecule has 8 bridgehead atoms. The number of nitrogens with zero attached hydrogens (tertiary/aromatic N) is 2. The fraction of sp³-hybridized carbons (Fsp3) is 0.677. The van der Waals surface area contributed by atoms with Crippen molar-refractivity contribution >= 4 is 168 Å². The van der Waals surface area contributed by atoms with Crippen LogP contribution in [-0.2, 0) is 12.8 Å². The highest BCUT2D eigenvalue weighted by molar-refractivity contribution is 5.96. The lowest BCUT2D eigenvalue weighted by Crippen LogP contribution is -2.22. The second-order valence-electron chi connectivity index (χ2n) is 21.0. The van der Waals surface area contributed by atoms with Gasteiger partial charge in [-0.2, -0.15) is 0 Å². The van der Waals surface area contributed by atoms with E-state index in [0.717, 1.165) is 172 Å². The highest BCUT2D eigenvalue weighted by Crippen LogP contribution is 2.38. The number of allylic oxidation sites excluding steroid dienone is 4. The second kappa shape index (κ2) is 59.4. The van der Waals surface area contributed by atoms with E-state index in [4.69, 9.17) is 9.97 Å². The van der Waals surface area contributed by atoms with Crippen molar-refractivity contribution in [1.29, 1.82) is 0 Å². The Hall–Kier alpha value is -0.860. The Balaban J connectivity index is -0.00000111. The van der Waals surface area contributed by atoms with E-state index >= 15 is 0 Å². The Morgan fingerprint density at radius 2 is 0.553 bits per heavy atom. The molecule has 0 saturated carbocycles. The monoisotopic (exact) mass is 1400 g/mol. The zero-order valence-electron chi connectivity index (χ0n) is 52.8. The van der Waals surface area contributed by atoms with Crippen LogP contribution in [0.5, 0.6) is 0 Å². The quantitative estimate of drug-likeness (QED) is 0.0245. The molecule has 23 heteroatoms. The number of aromatic amines is 2. The standard InChI is InChI=1S/C62H106N12.10ClH.H2O/c1-9-51-47(5)55-43-56-49(7)53(27-25-41-69-39-23-21-37-67-35-19-17-33-65-31-15-13-29-63-11-3)61(73-56)46-62-54(50(8)58(74-62)45-60-52(10-2)48(6)57(72-60)44-59(51)71-55)28-26-42-70-40-24-22-38-68-36-20-18-34-66-32-16-14-30-64-12-4;;;;;;;;;;;/h43-46,63-72H,9-42H2,1-8H3;10*1H;1H2. The van der Waals surface area contributed by atoms with Crippen LogP contribution < -0.4 is 42.5 Å². The molecule has 0 unspecified atom stereocenters. The lowest BCUT2D eigenvalue weighted by atomic mass is 9.98. The van der Waals surface area contributed by atoms with E-state index in [0.29, 0.717) is 0 Å². The number of unbranched alkanes of at least 4 members (excludes halogenated alkanes) is 6. The van der Waals surface area contributed by atoms with Crippen molar-refractivity contribution in [2.75, 3.05) is 105 Å². The third-order valence-corrected chi connectivity index (χ3v) is 15.3. The van der Waals surface area contributed by atoms with E-state index in [9.17, 15) is 0 Å². The van der Waals surface area contributed by atoms with Gasteiger partial charge in [0.2, 0.25) is 0 Å². The van der Waals surface area contributed by atoms with Crippen LogP contribution in [0, 0.1) is 13.8 Å². The topological polar surface area (TPSA) is 185 Å². The molecule has 0 atom stereocenters. The summed E-state index contributed by atoms with van der Waals surface area (Å²) in [7, 11) is 0. The molecule has 12 N–H and O–H groups in total. The first kappa shape index (κ1) is 97.7. The summed E-state index contributed by atoms with van der Waals surface area (Å²) in [4.78, 5) is 18.6. The predicted molar refractivity (Wildman–Crippen MR) is 398 cm³/mol. The maximum absolute atomic E-state index is 5.47. The summed E-state index contributed by atoms with van der Waals surface area (Å²) >= 11 is 0. The lowest BCUT2D eigenvalue weighted by Gasteiger charge is -2.09. The summed E-state index contributed by atoms with van der Waals surface area (Å²) in [5.41, 5.74) is 19.5. The highest BCUT2D eigenvalue weighted by Gasteiger charge is 2.22. The van der Waals surface area contributed by atoms with Gasteiger partial charge in [-0.05, 0) is 317 Å². The van der Waals surface area contributed by atoms with Crippen molar-refractivity contribution in [2.24, 2.45) is 0 Å². The molecule has 13 nitrogen and oxygen atoms in total. The van der Waals surface area contributed by atoms with Gasteiger partial charge in [-0.1, -0.05) is 27.7 Å². The summed E-state index contributed by atoms with van der Waals surface area (Å²) in [6, 6.07) is 9.27. The maximum atomic E-state index is 5.47. The van der Waals surface area contributed by atoms with Gasteiger partial charge in [0.15, 0.2) is 0 Å². The molecule has 2 aliphatic heterocycles. The van der Waals surface area contributed by atoms with E-state index in [1.165, 1.54) is 138 Å². The summed E-state index contributed by atoms with van der Waals surface area (Å²) in [5.74, 6) is 0. The lowest BCUT2D eigenvalue weighted by molar-refractivity contribution is 0.542. The number of fused-ring (bicyclic) bond motifs is 8. The van der Waals surface area contributed by atoms with Crippen molar-refractivity contribution in [3.8, 4) is 0 Å². The van der Waals surface area contributed by atoms with Crippen LogP contribution in [0.3, 0.4) is 0 Å². The number of halogens is 10. The van der Waals surface area contributed by atoms with Gasteiger partial charge < -0.3 is 58.0 Å². The van der Waals surface area contributed by atoms with Gasteiger partial charge in [0.25, 0.3) is 0 Å². The molecule has 0 radical (unpaired) electrons. The van der Waals surface area contributed by atoms with Crippen molar-refractivity contribution < 1.29 is 5.48 Å². The second-order valence-corrected chi connectivity index (χ2v) is 21.0. The van der Waals surface area contributed by atoms with Gasteiger partial charge in [-0.3, -0.25) is 0 Å². The minimum atomic E-state index is 0. The van der Waals surface area contributed by atoms with Crippen molar-refractivity contribution in [1.82, 2.24) is 62.5 Å². The summed E-state index contributed by atoms with van der Waals surface area (Å²) in [6.07, 6.45) is 20.8. The van der Waals surface area contributed by atoms with Crippen LogP contribution in [0.25, 0.3) is 44.4 Å². The molecule has 3 aromatic rings. The Kier molecular flexibility index (Phi) is 68.4. The van der Waals surface area contributed by atoms with Crippen LogP contribution in [0.4, 0.5) is 0 Å². The van der Waals surface area contributed by atoms with E-state index in [2.05, 4.69) is 132 Å². The molecule has 502 valence electrons. The van der Waals surface area contributed by atoms with Crippen molar-refractivity contribution in [3.05, 3.63) is 69.3 Å². The van der Waals surface area contributed by atoms with Crippen molar-refractivity contribution in [3.63, 3.8) is 0 Å². The van der Waals surface area contributed by atoms with Gasteiger partial charge in [0.1, 0.15) is 0 Å². The van der Waals surface area contributed by atoms with Gasteiger partial charge in [0.05, 0.1) is 22.8 Å². The number of hydrogen-bond donors (Lipinski definition) is 10. The summed E-state index contributed by atoms with van der Waals surface area (Å²) < 4.78 is 0. The zero-order valence-corrected chi connectivity index (χ0v) is 61.0. The average Bonchev–Trinajstić information content (AvgIpc) is 4.12. The fourth-order valence-electron chi connectivity index (χ4n) is 10.6. The minimum Gasteiger partial charge on any atom is -0.412 e. The molecular weight excluding hydrogens is 1280 g/mol. The molecule has 0 aromatic carbocycles. The molecule has 5 heterocycles. The smallest absolute Gasteiger partial charge is 0.0694 e. The molecule has 0 saturated heterocycles. The van der Waals surface area contributed by atoms with Gasteiger partial charge >= 0.3 is 0 Å². The average molecular weight is 1400 g/mol.